The van der Waals surface area contributed by atoms with Crippen LogP contribution in [0.5, 0.6) is 0 Å². The van der Waals surface area contributed by atoms with E-state index in [4.69, 9.17) is 5.73 Å². The highest BCUT2D eigenvalue weighted by Crippen LogP contribution is 2.30. The fourth-order valence-electron chi connectivity index (χ4n) is 1.59. The van der Waals surface area contributed by atoms with E-state index in [1.165, 1.54) is 12.1 Å². The average Bonchev–Trinajstić information content (AvgIpc) is 2.23. The maximum Gasteiger partial charge on any atom is 0.416 e. The van der Waals surface area contributed by atoms with Gasteiger partial charge in [0, 0.05) is 18.3 Å². The van der Waals surface area contributed by atoms with Gasteiger partial charge < -0.3 is 11.1 Å². The summed E-state index contributed by atoms with van der Waals surface area (Å²) < 4.78 is 37.2. The SMILES string of the molecule is CC(C)(C)C(CN)Nc1ccc(C(F)(F)F)cc1. The van der Waals surface area contributed by atoms with Crippen LogP contribution in [0.4, 0.5) is 18.9 Å². The molecule has 0 spiro atoms. The summed E-state index contributed by atoms with van der Waals surface area (Å²) in [6.45, 7) is 6.51. The monoisotopic (exact) mass is 260 g/mol. The molecule has 0 aliphatic heterocycles. The van der Waals surface area contributed by atoms with Crippen molar-refractivity contribution in [1.82, 2.24) is 0 Å². The van der Waals surface area contributed by atoms with Gasteiger partial charge in [-0.05, 0) is 29.7 Å². The number of nitrogens with one attached hydrogen (secondary N) is 1. The molecule has 1 atom stereocenters. The van der Waals surface area contributed by atoms with Gasteiger partial charge in [-0.2, -0.15) is 13.2 Å². The lowest BCUT2D eigenvalue weighted by atomic mass is 9.86. The fourth-order valence-corrected chi connectivity index (χ4v) is 1.59. The first-order chi connectivity index (χ1) is 8.14. The fraction of sp³-hybridized carbons (Fsp3) is 0.538. The number of hydrogen-bond donors (Lipinski definition) is 2. The number of alkyl halides is 3. The van der Waals surface area contributed by atoms with E-state index in [1.807, 2.05) is 20.8 Å². The summed E-state index contributed by atoms with van der Waals surface area (Å²) in [7, 11) is 0. The van der Waals surface area contributed by atoms with Gasteiger partial charge in [0.05, 0.1) is 5.56 Å². The van der Waals surface area contributed by atoms with Crippen molar-refractivity contribution in [2.45, 2.75) is 33.0 Å². The van der Waals surface area contributed by atoms with Crippen molar-refractivity contribution in [3.05, 3.63) is 29.8 Å². The summed E-state index contributed by atoms with van der Waals surface area (Å²) in [5.41, 5.74) is 5.61. The Bertz CT molecular complexity index is 377. The van der Waals surface area contributed by atoms with Crippen LogP contribution in [-0.4, -0.2) is 12.6 Å². The number of nitrogens with two attached hydrogens (primary N) is 1. The van der Waals surface area contributed by atoms with E-state index in [0.717, 1.165) is 12.1 Å². The molecule has 0 radical (unpaired) electrons. The van der Waals surface area contributed by atoms with Gasteiger partial charge in [0.2, 0.25) is 0 Å². The second kappa shape index (κ2) is 5.18. The molecule has 0 saturated heterocycles. The normalized spacial score (nSPS) is 14.4. The smallest absolute Gasteiger partial charge is 0.381 e. The van der Waals surface area contributed by atoms with E-state index in [2.05, 4.69) is 5.32 Å². The third-order valence-electron chi connectivity index (χ3n) is 2.83. The minimum absolute atomic E-state index is 0.00855. The van der Waals surface area contributed by atoms with Crippen molar-refractivity contribution >= 4 is 5.69 Å². The van der Waals surface area contributed by atoms with Crippen molar-refractivity contribution in [3.8, 4) is 0 Å². The summed E-state index contributed by atoms with van der Waals surface area (Å²) in [4.78, 5) is 0. The zero-order chi connectivity index (χ0) is 14.0. The van der Waals surface area contributed by atoms with Crippen LogP contribution in [0.3, 0.4) is 0 Å². The zero-order valence-corrected chi connectivity index (χ0v) is 10.8. The lowest BCUT2D eigenvalue weighted by molar-refractivity contribution is -0.137. The molecule has 102 valence electrons. The average molecular weight is 260 g/mol. The number of halogens is 3. The molecule has 0 aromatic heterocycles. The van der Waals surface area contributed by atoms with Crippen molar-refractivity contribution in [1.29, 1.82) is 0 Å². The van der Waals surface area contributed by atoms with Crippen LogP contribution in [0, 0.1) is 5.41 Å². The van der Waals surface area contributed by atoms with Crippen LogP contribution in [0.15, 0.2) is 24.3 Å². The van der Waals surface area contributed by atoms with Crippen molar-refractivity contribution in [2.24, 2.45) is 11.1 Å². The largest absolute Gasteiger partial charge is 0.416 e. The van der Waals surface area contributed by atoms with Gasteiger partial charge in [-0.3, -0.25) is 0 Å². The van der Waals surface area contributed by atoms with Crippen molar-refractivity contribution in [2.75, 3.05) is 11.9 Å². The molecular formula is C13H19F3N2. The Balaban J connectivity index is 2.81. The maximum absolute atomic E-state index is 12.4. The molecule has 0 amide bonds. The Hall–Kier alpha value is -1.23. The molecule has 3 N–H and O–H groups in total. The summed E-state index contributed by atoms with van der Waals surface area (Å²) in [6, 6.07) is 5.00. The number of benzene rings is 1. The molecule has 0 saturated carbocycles. The first-order valence-corrected chi connectivity index (χ1v) is 5.78. The van der Waals surface area contributed by atoms with Crippen LogP contribution < -0.4 is 11.1 Å². The molecule has 1 aromatic carbocycles. The van der Waals surface area contributed by atoms with E-state index in [0.29, 0.717) is 12.2 Å². The Morgan fingerprint density at radius 2 is 1.61 bits per heavy atom. The first-order valence-electron chi connectivity index (χ1n) is 5.78. The predicted molar refractivity (Wildman–Crippen MR) is 67.4 cm³/mol. The number of rotatable bonds is 3. The molecule has 0 bridgehead atoms. The molecule has 0 fully saturated rings. The highest BCUT2D eigenvalue weighted by atomic mass is 19.4. The lowest BCUT2D eigenvalue weighted by Gasteiger charge is -2.31. The molecule has 1 aromatic rings. The van der Waals surface area contributed by atoms with E-state index >= 15 is 0 Å². The maximum atomic E-state index is 12.4. The first kappa shape index (κ1) is 14.8. The third-order valence-corrected chi connectivity index (χ3v) is 2.83. The van der Waals surface area contributed by atoms with Gasteiger partial charge in [0.15, 0.2) is 0 Å². The number of anilines is 1. The Kier molecular flexibility index (Phi) is 4.27. The van der Waals surface area contributed by atoms with Crippen molar-refractivity contribution < 1.29 is 13.2 Å². The number of hydrogen-bond acceptors (Lipinski definition) is 2. The molecule has 5 heteroatoms. The zero-order valence-electron chi connectivity index (χ0n) is 10.8. The Morgan fingerprint density at radius 1 is 1.11 bits per heavy atom. The van der Waals surface area contributed by atoms with Gasteiger partial charge >= 0.3 is 6.18 Å². The second-order valence-electron chi connectivity index (χ2n) is 5.37. The molecule has 1 unspecified atom stereocenters. The van der Waals surface area contributed by atoms with E-state index < -0.39 is 11.7 Å². The van der Waals surface area contributed by atoms with Crippen LogP contribution in [0.2, 0.25) is 0 Å². The third kappa shape index (κ3) is 3.91. The summed E-state index contributed by atoms with van der Waals surface area (Å²) in [6.07, 6.45) is -4.30. The minimum Gasteiger partial charge on any atom is -0.381 e. The van der Waals surface area contributed by atoms with Crippen LogP contribution in [0.25, 0.3) is 0 Å². The minimum atomic E-state index is -4.30. The predicted octanol–water partition coefficient (Wildman–Crippen LogP) is 3.49. The molecule has 2 nitrogen and oxygen atoms in total. The van der Waals surface area contributed by atoms with Gasteiger partial charge in [0.25, 0.3) is 0 Å². The van der Waals surface area contributed by atoms with Crippen molar-refractivity contribution in [3.63, 3.8) is 0 Å². The summed E-state index contributed by atoms with van der Waals surface area (Å²) in [5, 5.41) is 3.15. The highest BCUT2D eigenvalue weighted by Gasteiger charge is 2.30. The van der Waals surface area contributed by atoms with E-state index in [-0.39, 0.29) is 11.5 Å². The highest BCUT2D eigenvalue weighted by molar-refractivity contribution is 5.46. The van der Waals surface area contributed by atoms with Gasteiger partial charge in [0.1, 0.15) is 0 Å². The summed E-state index contributed by atoms with van der Waals surface area (Å²) >= 11 is 0. The molecule has 18 heavy (non-hydrogen) atoms. The van der Waals surface area contributed by atoms with Crippen LogP contribution in [-0.2, 0) is 6.18 Å². The molecule has 0 aliphatic carbocycles. The van der Waals surface area contributed by atoms with Gasteiger partial charge in [-0.1, -0.05) is 20.8 Å². The van der Waals surface area contributed by atoms with Gasteiger partial charge in [-0.25, -0.2) is 0 Å². The second-order valence-corrected chi connectivity index (χ2v) is 5.37. The topological polar surface area (TPSA) is 38.0 Å². The summed E-state index contributed by atoms with van der Waals surface area (Å²) in [5.74, 6) is 0. The van der Waals surface area contributed by atoms with Crippen LogP contribution in [0.1, 0.15) is 26.3 Å². The standard InChI is InChI=1S/C13H19F3N2/c1-12(2,3)11(8-17)18-10-6-4-9(5-7-10)13(14,15)16/h4-7,11,18H,8,17H2,1-3H3. The molecular weight excluding hydrogens is 241 g/mol. The van der Waals surface area contributed by atoms with E-state index in [9.17, 15) is 13.2 Å². The molecule has 0 aliphatic rings. The Morgan fingerprint density at radius 3 is 1.94 bits per heavy atom. The van der Waals surface area contributed by atoms with Gasteiger partial charge in [-0.15, -0.1) is 0 Å². The van der Waals surface area contributed by atoms with Crippen LogP contribution >= 0.6 is 0 Å². The molecule has 1 rings (SSSR count). The van der Waals surface area contributed by atoms with E-state index in [1.54, 1.807) is 0 Å². The Labute approximate surface area is 105 Å². The quantitative estimate of drug-likeness (QED) is 0.873. The lowest BCUT2D eigenvalue weighted by Crippen LogP contribution is -2.40. The molecule has 0 heterocycles.